The highest BCUT2D eigenvalue weighted by atomic mass is 16.5. The monoisotopic (exact) mass is 312 g/mol. The lowest BCUT2D eigenvalue weighted by atomic mass is 9.86. The van der Waals surface area contributed by atoms with E-state index >= 15 is 0 Å². The lowest BCUT2D eigenvalue weighted by Gasteiger charge is -2.29. The molecule has 0 radical (unpaired) electrons. The molecule has 1 aliphatic carbocycles. The highest BCUT2D eigenvalue weighted by molar-refractivity contribution is 6.01. The van der Waals surface area contributed by atoms with E-state index in [0.29, 0.717) is 5.92 Å². The van der Waals surface area contributed by atoms with Crippen molar-refractivity contribution >= 4 is 12.0 Å². The zero-order chi connectivity index (χ0) is 16.8. The lowest BCUT2D eigenvalue weighted by Crippen LogP contribution is -2.41. The molecule has 0 aromatic heterocycles. The first-order valence-corrected chi connectivity index (χ1v) is 8.12. The first kappa shape index (κ1) is 17.1. The Balaban J connectivity index is 2.15. The van der Waals surface area contributed by atoms with Crippen molar-refractivity contribution in [2.45, 2.75) is 45.6 Å². The smallest absolute Gasteiger partial charge is 0.262 e. The fraction of sp³-hybridized carbons (Fsp3) is 0.474. The van der Waals surface area contributed by atoms with Gasteiger partial charge in [-0.05, 0) is 49.0 Å². The Hall–Kier alpha value is -2.28. The number of nitrogens with zero attached hydrogens (tertiary/aromatic N) is 1. The Labute approximate surface area is 138 Å². The number of carbonyl (C=O) groups is 1. The molecule has 1 aromatic rings. The zero-order valence-corrected chi connectivity index (χ0v) is 14.1. The SMILES string of the molecule is COc1cc(/C=C(/C#N)C(=O)N[C@H]2CCCC[C@@H]2C)ccc1C. The maximum atomic E-state index is 12.4. The number of ether oxygens (including phenoxy) is 1. The molecule has 2 rings (SSSR count). The van der Waals surface area contributed by atoms with E-state index in [-0.39, 0.29) is 17.5 Å². The van der Waals surface area contributed by atoms with Gasteiger partial charge in [0.05, 0.1) is 7.11 Å². The van der Waals surface area contributed by atoms with Crippen LogP contribution in [0.3, 0.4) is 0 Å². The summed E-state index contributed by atoms with van der Waals surface area (Å²) >= 11 is 0. The summed E-state index contributed by atoms with van der Waals surface area (Å²) in [5.74, 6) is 0.926. The lowest BCUT2D eigenvalue weighted by molar-refractivity contribution is -0.118. The standard InChI is InChI=1S/C19H24N2O2/c1-13-6-4-5-7-17(13)21-19(22)16(12-20)10-15-9-8-14(2)18(11-15)23-3/h8-11,13,17H,4-7H2,1-3H3,(H,21,22)/b16-10-/t13-,17-/m0/s1. The maximum absolute atomic E-state index is 12.4. The van der Waals surface area contributed by atoms with Crippen LogP contribution in [0, 0.1) is 24.2 Å². The van der Waals surface area contributed by atoms with E-state index in [1.807, 2.05) is 31.2 Å². The van der Waals surface area contributed by atoms with E-state index in [1.54, 1.807) is 13.2 Å². The highest BCUT2D eigenvalue weighted by Crippen LogP contribution is 2.24. The van der Waals surface area contributed by atoms with Gasteiger partial charge < -0.3 is 10.1 Å². The summed E-state index contributed by atoms with van der Waals surface area (Å²) in [7, 11) is 1.61. The molecule has 1 aliphatic rings. The molecule has 0 aliphatic heterocycles. The summed E-state index contributed by atoms with van der Waals surface area (Å²) in [5, 5.41) is 12.3. The summed E-state index contributed by atoms with van der Waals surface area (Å²) in [4.78, 5) is 12.4. The molecule has 122 valence electrons. The number of nitrogens with one attached hydrogen (secondary N) is 1. The quantitative estimate of drug-likeness (QED) is 0.682. The van der Waals surface area contributed by atoms with Crippen LogP contribution < -0.4 is 10.1 Å². The van der Waals surface area contributed by atoms with Crippen molar-refractivity contribution in [3.63, 3.8) is 0 Å². The van der Waals surface area contributed by atoms with E-state index in [1.165, 1.54) is 6.42 Å². The van der Waals surface area contributed by atoms with Crippen LogP contribution in [-0.4, -0.2) is 19.1 Å². The number of nitriles is 1. The van der Waals surface area contributed by atoms with Crippen molar-refractivity contribution in [3.8, 4) is 11.8 Å². The summed E-state index contributed by atoms with van der Waals surface area (Å²) in [5.41, 5.74) is 1.94. The molecule has 1 fully saturated rings. The molecule has 1 saturated carbocycles. The summed E-state index contributed by atoms with van der Waals surface area (Å²) in [6.07, 6.45) is 6.09. The Kier molecular flexibility index (Phi) is 5.81. The molecule has 23 heavy (non-hydrogen) atoms. The molecule has 0 bridgehead atoms. The van der Waals surface area contributed by atoms with Crippen LogP contribution in [-0.2, 0) is 4.79 Å². The largest absolute Gasteiger partial charge is 0.496 e. The van der Waals surface area contributed by atoms with Gasteiger partial charge >= 0.3 is 0 Å². The van der Waals surface area contributed by atoms with E-state index in [2.05, 4.69) is 12.2 Å². The summed E-state index contributed by atoms with van der Waals surface area (Å²) < 4.78 is 5.28. The third kappa shape index (κ3) is 4.35. The second-order valence-corrected chi connectivity index (χ2v) is 6.24. The predicted octanol–water partition coefficient (Wildman–Crippen LogP) is 3.61. The number of hydrogen-bond donors (Lipinski definition) is 1. The molecule has 1 N–H and O–H groups in total. The second-order valence-electron chi connectivity index (χ2n) is 6.24. The average molecular weight is 312 g/mol. The third-order valence-corrected chi connectivity index (χ3v) is 4.54. The number of carbonyl (C=O) groups excluding carboxylic acids is 1. The first-order chi connectivity index (χ1) is 11.0. The minimum atomic E-state index is -0.286. The molecular weight excluding hydrogens is 288 g/mol. The van der Waals surface area contributed by atoms with Crippen molar-refractivity contribution < 1.29 is 9.53 Å². The molecule has 1 aromatic carbocycles. The van der Waals surface area contributed by atoms with Gasteiger partial charge in [-0.1, -0.05) is 31.9 Å². The van der Waals surface area contributed by atoms with Crippen molar-refractivity contribution in [1.29, 1.82) is 5.26 Å². The van der Waals surface area contributed by atoms with Gasteiger partial charge in [-0.3, -0.25) is 4.79 Å². The number of hydrogen-bond acceptors (Lipinski definition) is 3. The topological polar surface area (TPSA) is 62.1 Å². The molecule has 0 unspecified atom stereocenters. The van der Waals surface area contributed by atoms with Gasteiger partial charge in [0.25, 0.3) is 5.91 Å². The molecular formula is C19H24N2O2. The van der Waals surface area contributed by atoms with Crippen LogP contribution in [0.2, 0.25) is 0 Å². The molecule has 0 heterocycles. The molecule has 1 amide bonds. The van der Waals surface area contributed by atoms with Crippen molar-refractivity contribution in [1.82, 2.24) is 5.32 Å². The molecule has 2 atom stereocenters. The van der Waals surface area contributed by atoms with Crippen LogP contribution in [0.5, 0.6) is 5.75 Å². The number of amides is 1. The van der Waals surface area contributed by atoms with Gasteiger partial charge in [-0.15, -0.1) is 0 Å². The Morgan fingerprint density at radius 3 is 2.78 bits per heavy atom. The van der Waals surface area contributed by atoms with Crippen LogP contribution in [0.4, 0.5) is 0 Å². The number of rotatable bonds is 4. The zero-order valence-electron chi connectivity index (χ0n) is 14.1. The fourth-order valence-electron chi connectivity index (χ4n) is 3.02. The van der Waals surface area contributed by atoms with Crippen molar-refractivity contribution in [3.05, 3.63) is 34.9 Å². The summed E-state index contributed by atoms with van der Waals surface area (Å²) in [6.45, 7) is 4.11. The normalized spacial score (nSPS) is 21.4. The molecule has 0 spiro atoms. The molecule has 4 nitrogen and oxygen atoms in total. The van der Waals surface area contributed by atoms with E-state index in [4.69, 9.17) is 4.74 Å². The van der Waals surface area contributed by atoms with Gasteiger partial charge in [0.2, 0.25) is 0 Å². The highest BCUT2D eigenvalue weighted by Gasteiger charge is 2.24. The number of benzene rings is 1. The van der Waals surface area contributed by atoms with Crippen molar-refractivity contribution in [2.75, 3.05) is 7.11 Å². The van der Waals surface area contributed by atoms with Crippen LogP contribution in [0.1, 0.15) is 43.7 Å². The minimum Gasteiger partial charge on any atom is -0.496 e. The van der Waals surface area contributed by atoms with Crippen LogP contribution in [0.25, 0.3) is 6.08 Å². The van der Waals surface area contributed by atoms with E-state index in [0.717, 1.165) is 36.1 Å². The van der Waals surface area contributed by atoms with Gasteiger partial charge in [0.15, 0.2) is 0 Å². The predicted molar refractivity (Wildman–Crippen MR) is 90.9 cm³/mol. The minimum absolute atomic E-state index is 0.133. The van der Waals surface area contributed by atoms with Crippen LogP contribution >= 0.6 is 0 Å². The van der Waals surface area contributed by atoms with E-state index < -0.39 is 0 Å². The Morgan fingerprint density at radius 1 is 1.39 bits per heavy atom. The number of aryl methyl sites for hydroxylation is 1. The molecule has 0 saturated heterocycles. The van der Waals surface area contributed by atoms with Crippen molar-refractivity contribution in [2.24, 2.45) is 5.92 Å². The van der Waals surface area contributed by atoms with E-state index in [9.17, 15) is 10.1 Å². The Bertz CT molecular complexity index is 643. The van der Waals surface area contributed by atoms with Gasteiger partial charge in [0, 0.05) is 6.04 Å². The Morgan fingerprint density at radius 2 is 2.13 bits per heavy atom. The first-order valence-electron chi connectivity index (χ1n) is 8.12. The number of methoxy groups -OCH3 is 1. The fourth-order valence-corrected chi connectivity index (χ4v) is 3.02. The maximum Gasteiger partial charge on any atom is 0.262 e. The third-order valence-electron chi connectivity index (χ3n) is 4.54. The molecule has 4 heteroatoms. The van der Waals surface area contributed by atoms with Crippen LogP contribution in [0.15, 0.2) is 23.8 Å². The summed E-state index contributed by atoms with van der Waals surface area (Å²) in [6, 6.07) is 7.82. The van der Waals surface area contributed by atoms with Gasteiger partial charge in [-0.2, -0.15) is 5.26 Å². The van der Waals surface area contributed by atoms with Gasteiger partial charge in [0.1, 0.15) is 17.4 Å². The average Bonchev–Trinajstić information content (AvgIpc) is 2.56. The van der Waals surface area contributed by atoms with Gasteiger partial charge in [-0.25, -0.2) is 0 Å². The second kappa shape index (κ2) is 7.82.